The third-order valence-electron chi connectivity index (χ3n) is 2.63. The van der Waals surface area contributed by atoms with E-state index in [1.165, 1.54) is 12.1 Å². The molecule has 0 atom stereocenters. The molecule has 19 heavy (non-hydrogen) atoms. The summed E-state index contributed by atoms with van der Waals surface area (Å²) in [6, 6.07) is 6.36. The van der Waals surface area contributed by atoms with Crippen LogP contribution < -0.4 is 4.74 Å². The Hall–Kier alpha value is -2.00. The molecule has 1 aromatic carbocycles. The number of aromatic nitrogens is 2. The molecule has 6 heteroatoms. The fourth-order valence-electron chi connectivity index (χ4n) is 1.45. The van der Waals surface area contributed by atoms with Gasteiger partial charge in [0.1, 0.15) is 11.6 Å². The summed E-state index contributed by atoms with van der Waals surface area (Å²) < 4.78 is 19.6. The summed E-state index contributed by atoms with van der Waals surface area (Å²) in [4.78, 5) is 0. The number of ether oxygens (including phenoxy) is 1. The van der Waals surface area contributed by atoms with Gasteiger partial charge in [-0.3, -0.25) is 0 Å². The van der Waals surface area contributed by atoms with Gasteiger partial charge >= 0.3 is 0 Å². The summed E-state index contributed by atoms with van der Waals surface area (Å²) in [5.41, 5.74) is 1.57. The maximum absolute atomic E-state index is 13.7. The predicted molar refractivity (Wildman–Crippen MR) is 70.4 cm³/mol. The van der Waals surface area contributed by atoms with Gasteiger partial charge in [0.25, 0.3) is 5.88 Å². The van der Waals surface area contributed by atoms with E-state index in [0.717, 1.165) is 0 Å². The summed E-state index contributed by atoms with van der Waals surface area (Å²) in [6.07, 6.45) is 0. The zero-order chi connectivity index (χ0) is 14.0. The van der Waals surface area contributed by atoms with Crippen molar-refractivity contribution >= 4 is 15.9 Å². The molecule has 96 valence electrons. The number of nitriles is 1. The van der Waals surface area contributed by atoms with E-state index in [1.807, 2.05) is 6.07 Å². The van der Waals surface area contributed by atoms with Crippen molar-refractivity contribution in [2.24, 2.45) is 0 Å². The van der Waals surface area contributed by atoms with Crippen LogP contribution in [-0.2, 0) is 0 Å². The van der Waals surface area contributed by atoms with Gasteiger partial charge in [-0.2, -0.15) is 10.4 Å². The molecule has 0 amide bonds. The van der Waals surface area contributed by atoms with E-state index in [9.17, 15) is 4.39 Å². The van der Waals surface area contributed by atoms with Crippen LogP contribution in [0.1, 0.15) is 16.8 Å². The third-order valence-corrected chi connectivity index (χ3v) is 3.13. The fraction of sp³-hybridized carbons (Fsp3) is 0.154. The summed E-state index contributed by atoms with van der Waals surface area (Å²) in [5.74, 6) is -0.539. The third kappa shape index (κ3) is 2.71. The number of hydrogen-bond donors (Lipinski definition) is 0. The van der Waals surface area contributed by atoms with Crippen LogP contribution in [-0.4, -0.2) is 10.2 Å². The summed E-state index contributed by atoms with van der Waals surface area (Å²) in [5, 5.41) is 16.8. The average Bonchev–Trinajstić information content (AvgIpc) is 2.37. The van der Waals surface area contributed by atoms with Crippen LogP contribution in [0.15, 0.2) is 22.7 Å². The molecule has 0 saturated carbocycles. The molecule has 0 spiro atoms. The first-order valence-corrected chi connectivity index (χ1v) is 6.19. The lowest BCUT2D eigenvalue weighted by Gasteiger charge is -2.09. The number of nitrogens with zero attached hydrogens (tertiary/aromatic N) is 3. The highest BCUT2D eigenvalue weighted by Crippen LogP contribution is 2.28. The minimum atomic E-state index is -0.543. The molecule has 0 radical (unpaired) electrons. The molecule has 0 unspecified atom stereocenters. The van der Waals surface area contributed by atoms with Crippen molar-refractivity contribution in [2.75, 3.05) is 0 Å². The maximum atomic E-state index is 13.7. The van der Waals surface area contributed by atoms with E-state index >= 15 is 0 Å². The number of hydrogen-bond acceptors (Lipinski definition) is 4. The van der Waals surface area contributed by atoms with Crippen LogP contribution in [0.5, 0.6) is 11.6 Å². The van der Waals surface area contributed by atoms with E-state index < -0.39 is 5.82 Å². The number of aryl methyl sites for hydroxylation is 1. The molecular weight excluding hydrogens is 313 g/mol. The van der Waals surface area contributed by atoms with Crippen LogP contribution in [0.25, 0.3) is 0 Å². The maximum Gasteiger partial charge on any atom is 0.257 e. The van der Waals surface area contributed by atoms with E-state index in [-0.39, 0.29) is 17.2 Å². The summed E-state index contributed by atoms with van der Waals surface area (Å²) in [6.45, 7) is 3.49. The van der Waals surface area contributed by atoms with Gasteiger partial charge in [0.15, 0.2) is 11.6 Å². The molecule has 4 nitrogen and oxygen atoms in total. The van der Waals surface area contributed by atoms with Crippen LogP contribution in [0.3, 0.4) is 0 Å². The molecule has 0 N–H and O–H groups in total. The first kappa shape index (κ1) is 13.4. The Morgan fingerprint density at radius 1 is 1.32 bits per heavy atom. The van der Waals surface area contributed by atoms with Gasteiger partial charge in [-0.15, -0.1) is 5.10 Å². The fourth-order valence-corrected chi connectivity index (χ4v) is 1.79. The molecule has 0 saturated heterocycles. The minimum Gasteiger partial charge on any atom is -0.433 e. The Kier molecular flexibility index (Phi) is 3.76. The summed E-state index contributed by atoms with van der Waals surface area (Å²) in [7, 11) is 0. The number of benzene rings is 1. The molecule has 1 aromatic heterocycles. The van der Waals surface area contributed by atoms with Crippen molar-refractivity contribution in [2.45, 2.75) is 13.8 Å². The van der Waals surface area contributed by atoms with Crippen molar-refractivity contribution in [3.63, 3.8) is 0 Å². The van der Waals surface area contributed by atoms with Crippen molar-refractivity contribution in [1.29, 1.82) is 5.26 Å². The Morgan fingerprint density at radius 3 is 2.68 bits per heavy atom. The Labute approximate surface area is 118 Å². The van der Waals surface area contributed by atoms with E-state index in [0.29, 0.717) is 15.7 Å². The minimum absolute atomic E-state index is 0.00254. The number of rotatable bonds is 2. The van der Waals surface area contributed by atoms with Crippen molar-refractivity contribution in [3.05, 3.63) is 45.3 Å². The van der Waals surface area contributed by atoms with Crippen molar-refractivity contribution in [3.8, 4) is 17.7 Å². The topological polar surface area (TPSA) is 58.8 Å². The van der Waals surface area contributed by atoms with Crippen molar-refractivity contribution in [1.82, 2.24) is 10.2 Å². The van der Waals surface area contributed by atoms with Crippen molar-refractivity contribution < 1.29 is 9.13 Å². The second-order valence-corrected chi connectivity index (χ2v) is 4.79. The van der Waals surface area contributed by atoms with Crippen LogP contribution >= 0.6 is 15.9 Å². The number of halogens is 2. The van der Waals surface area contributed by atoms with Gasteiger partial charge in [-0.1, -0.05) is 15.9 Å². The Balaban J connectivity index is 2.44. The lowest BCUT2D eigenvalue weighted by atomic mass is 10.1. The predicted octanol–water partition coefficient (Wildman–Crippen LogP) is 3.66. The molecule has 2 rings (SSSR count). The normalized spacial score (nSPS) is 10.1. The zero-order valence-corrected chi connectivity index (χ0v) is 11.8. The first-order chi connectivity index (χ1) is 9.02. The van der Waals surface area contributed by atoms with Gasteiger partial charge in [0, 0.05) is 4.47 Å². The highest BCUT2D eigenvalue weighted by Gasteiger charge is 2.14. The molecule has 0 fully saturated rings. The second kappa shape index (κ2) is 5.33. The monoisotopic (exact) mass is 321 g/mol. The Bertz CT molecular complexity index is 682. The lowest BCUT2D eigenvalue weighted by molar-refractivity contribution is 0.419. The van der Waals surface area contributed by atoms with Gasteiger partial charge in [0.2, 0.25) is 0 Å². The Morgan fingerprint density at radius 2 is 2.05 bits per heavy atom. The molecule has 0 aliphatic heterocycles. The van der Waals surface area contributed by atoms with Gasteiger partial charge in [-0.05, 0) is 37.6 Å². The molecule has 0 aliphatic carbocycles. The molecule has 0 bridgehead atoms. The highest BCUT2D eigenvalue weighted by atomic mass is 79.9. The molecular formula is C13H9BrFN3O. The molecule has 1 heterocycles. The van der Waals surface area contributed by atoms with Crippen LogP contribution in [0.4, 0.5) is 4.39 Å². The van der Waals surface area contributed by atoms with Crippen LogP contribution in [0, 0.1) is 31.0 Å². The summed E-state index contributed by atoms with van der Waals surface area (Å²) >= 11 is 3.16. The average molecular weight is 322 g/mol. The molecule has 2 aromatic rings. The van der Waals surface area contributed by atoms with Gasteiger partial charge in [0.05, 0.1) is 5.69 Å². The largest absolute Gasteiger partial charge is 0.433 e. The first-order valence-electron chi connectivity index (χ1n) is 5.40. The smallest absolute Gasteiger partial charge is 0.257 e. The SMILES string of the molecule is Cc1nnc(Oc2ccc(Br)cc2F)c(C#N)c1C. The quantitative estimate of drug-likeness (QED) is 0.847. The molecule has 0 aliphatic rings. The zero-order valence-electron chi connectivity index (χ0n) is 10.2. The van der Waals surface area contributed by atoms with Gasteiger partial charge < -0.3 is 4.74 Å². The van der Waals surface area contributed by atoms with Crippen LogP contribution in [0.2, 0.25) is 0 Å². The lowest BCUT2D eigenvalue weighted by Crippen LogP contribution is -2.01. The second-order valence-electron chi connectivity index (χ2n) is 3.88. The van der Waals surface area contributed by atoms with E-state index in [2.05, 4.69) is 26.1 Å². The van der Waals surface area contributed by atoms with E-state index in [1.54, 1.807) is 19.9 Å². The standard InChI is InChI=1S/C13H9BrFN3O/c1-7-8(2)17-18-13(10(7)6-16)19-12-4-3-9(14)5-11(12)15/h3-5H,1-2H3. The van der Waals surface area contributed by atoms with E-state index in [4.69, 9.17) is 10.00 Å². The highest BCUT2D eigenvalue weighted by molar-refractivity contribution is 9.10. The van der Waals surface area contributed by atoms with Gasteiger partial charge in [-0.25, -0.2) is 4.39 Å².